The van der Waals surface area contributed by atoms with Gasteiger partial charge in [-0.25, -0.2) is 0 Å². The molecule has 1 saturated carbocycles. The first kappa shape index (κ1) is 13.8. The maximum Gasteiger partial charge on any atom is 0.305 e. The smallest absolute Gasteiger partial charge is 0.305 e. The number of rotatable bonds is 3. The summed E-state index contributed by atoms with van der Waals surface area (Å²) in [5.74, 6) is -1.66. The van der Waals surface area contributed by atoms with Crippen LogP contribution in [0.15, 0.2) is 18.2 Å². The van der Waals surface area contributed by atoms with Crippen molar-refractivity contribution in [2.24, 2.45) is 0 Å². The highest BCUT2D eigenvalue weighted by Gasteiger charge is 2.51. The lowest BCUT2D eigenvalue weighted by Gasteiger charge is -2.36. The van der Waals surface area contributed by atoms with Crippen LogP contribution in [0.4, 0.5) is 0 Å². The second-order valence-corrected chi connectivity index (χ2v) is 6.00. The number of fused-ring (bicyclic) bond motifs is 1. The maximum absolute atomic E-state index is 12.6. The molecule has 21 heavy (non-hydrogen) atoms. The monoisotopic (exact) mass is 287 g/mol. The van der Waals surface area contributed by atoms with Crippen LogP contribution in [0.3, 0.4) is 0 Å². The number of imide groups is 1. The summed E-state index contributed by atoms with van der Waals surface area (Å²) in [6.07, 6.45) is 2.67. The van der Waals surface area contributed by atoms with E-state index in [9.17, 15) is 19.5 Å². The second-order valence-electron chi connectivity index (χ2n) is 6.00. The molecule has 1 aliphatic heterocycles. The minimum absolute atomic E-state index is 0.169. The Kier molecular flexibility index (Phi) is 3.08. The number of nitrogens with zero attached hydrogens (tertiary/aromatic N) is 1. The van der Waals surface area contributed by atoms with Crippen molar-refractivity contribution in [2.45, 2.75) is 44.6 Å². The maximum atomic E-state index is 12.6. The zero-order valence-corrected chi connectivity index (χ0v) is 11.9. The van der Waals surface area contributed by atoms with E-state index in [1.807, 2.05) is 6.92 Å². The number of benzene rings is 1. The van der Waals surface area contributed by atoms with Gasteiger partial charge in [-0.15, -0.1) is 0 Å². The normalized spacial score (nSPS) is 20.0. The molecule has 0 bridgehead atoms. The third-order valence-corrected chi connectivity index (χ3v) is 4.53. The molecule has 1 heterocycles. The summed E-state index contributed by atoms with van der Waals surface area (Å²) in [6, 6.07) is 5.17. The van der Waals surface area contributed by atoms with Crippen molar-refractivity contribution < 1.29 is 19.5 Å². The molecule has 1 aromatic rings. The van der Waals surface area contributed by atoms with Crippen molar-refractivity contribution in [1.29, 1.82) is 0 Å². The Labute approximate surface area is 122 Å². The van der Waals surface area contributed by atoms with Crippen LogP contribution < -0.4 is 0 Å². The molecule has 1 aliphatic carbocycles. The molecule has 0 spiro atoms. The van der Waals surface area contributed by atoms with E-state index in [-0.39, 0.29) is 18.2 Å². The molecule has 0 radical (unpaired) electrons. The summed E-state index contributed by atoms with van der Waals surface area (Å²) in [6.45, 7) is 1.86. The zero-order valence-electron chi connectivity index (χ0n) is 11.9. The molecular formula is C16H17NO4. The number of hydrogen-bond acceptors (Lipinski definition) is 3. The molecule has 5 heteroatoms. The van der Waals surface area contributed by atoms with Crippen molar-refractivity contribution in [3.8, 4) is 0 Å². The molecular weight excluding hydrogens is 270 g/mol. The molecule has 2 amide bonds. The van der Waals surface area contributed by atoms with Gasteiger partial charge in [0.05, 0.1) is 23.1 Å². The fourth-order valence-corrected chi connectivity index (χ4v) is 3.58. The van der Waals surface area contributed by atoms with E-state index in [0.717, 1.165) is 18.4 Å². The second kappa shape index (κ2) is 4.69. The molecule has 3 rings (SSSR count). The molecule has 0 saturated heterocycles. The first-order chi connectivity index (χ1) is 9.94. The largest absolute Gasteiger partial charge is 0.481 e. The molecule has 5 nitrogen and oxygen atoms in total. The molecule has 0 atom stereocenters. The Bertz CT molecular complexity index is 644. The first-order valence-electron chi connectivity index (χ1n) is 7.16. The van der Waals surface area contributed by atoms with Gasteiger partial charge in [-0.3, -0.25) is 19.3 Å². The number of hydrogen-bond donors (Lipinski definition) is 1. The molecule has 110 valence electrons. The van der Waals surface area contributed by atoms with E-state index in [1.54, 1.807) is 18.2 Å². The van der Waals surface area contributed by atoms with Gasteiger partial charge in [-0.1, -0.05) is 24.5 Å². The third-order valence-electron chi connectivity index (χ3n) is 4.53. The van der Waals surface area contributed by atoms with Gasteiger partial charge in [0.1, 0.15) is 0 Å². The van der Waals surface area contributed by atoms with Crippen LogP contribution in [0, 0.1) is 6.92 Å². The molecule has 1 aromatic carbocycles. The summed E-state index contributed by atoms with van der Waals surface area (Å²) in [5, 5.41) is 9.18. The Balaban J connectivity index is 2.05. The Morgan fingerprint density at radius 1 is 1.19 bits per heavy atom. The average Bonchev–Trinajstić information content (AvgIpc) is 2.94. The number of carbonyl (C=O) groups excluding carboxylic acids is 2. The highest BCUT2D eigenvalue weighted by atomic mass is 16.4. The minimum Gasteiger partial charge on any atom is -0.481 e. The Morgan fingerprint density at radius 2 is 1.81 bits per heavy atom. The zero-order chi connectivity index (χ0) is 15.2. The lowest BCUT2D eigenvalue weighted by molar-refractivity contribution is -0.139. The minimum atomic E-state index is -0.968. The fraction of sp³-hybridized carbons (Fsp3) is 0.438. The quantitative estimate of drug-likeness (QED) is 0.866. The lowest BCUT2D eigenvalue weighted by Crippen LogP contribution is -2.51. The van der Waals surface area contributed by atoms with Gasteiger partial charge < -0.3 is 5.11 Å². The van der Waals surface area contributed by atoms with Crippen LogP contribution in [0.5, 0.6) is 0 Å². The van der Waals surface area contributed by atoms with Crippen molar-refractivity contribution >= 4 is 17.8 Å². The van der Waals surface area contributed by atoms with Crippen LogP contribution in [0.2, 0.25) is 0 Å². The highest BCUT2D eigenvalue weighted by molar-refractivity contribution is 6.22. The van der Waals surface area contributed by atoms with Crippen molar-refractivity contribution in [3.63, 3.8) is 0 Å². The van der Waals surface area contributed by atoms with E-state index in [4.69, 9.17) is 0 Å². The summed E-state index contributed by atoms with van der Waals surface area (Å²) >= 11 is 0. The summed E-state index contributed by atoms with van der Waals surface area (Å²) < 4.78 is 0. The van der Waals surface area contributed by atoms with Gasteiger partial charge in [-0.2, -0.15) is 0 Å². The van der Waals surface area contributed by atoms with Crippen molar-refractivity contribution in [1.82, 2.24) is 4.90 Å². The van der Waals surface area contributed by atoms with E-state index >= 15 is 0 Å². The van der Waals surface area contributed by atoms with Crippen LogP contribution >= 0.6 is 0 Å². The molecule has 0 unspecified atom stereocenters. The van der Waals surface area contributed by atoms with E-state index in [2.05, 4.69) is 0 Å². The number of carboxylic acids is 1. The van der Waals surface area contributed by atoms with Gasteiger partial charge in [0.2, 0.25) is 0 Å². The number of aryl methyl sites for hydroxylation is 1. The topological polar surface area (TPSA) is 74.7 Å². The molecule has 2 aliphatic rings. The summed E-state index contributed by atoms with van der Waals surface area (Å²) in [7, 11) is 0. The first-order valence-corrected chi connectivity index (χ1v) is 7.16. The third kappa shape index (κ3) is 2.04. The van der Waals surface area contributed by atoms with Gasteiger partial charge >= 0.3 is 5.97 Å². The SMILES string of the molecule is Cc1ccc2c(c1)C(=O)N(C1(CC(=O)O)CCCC1)C2=O. The van der Waals surface area contributed by atoms with Crippen LogP contribution in [-0.4, -0.2) is 33.3 Å². The van der Waals surface area contributed by atoms with E-state index in [0.29, 0.717) is 24.0 Å². The van der Waals surface area contributed by atoms with Crippen molar-refractivity contribution in [3.05, 3.63) is 34.9 Å². The summed E-state index contributed by atoms with van der Waals surface area (Å²) in [4.78, 5) is 37.7. The summed E-state index contributed by atoms with van der Waals surface area (Å²) in [5.41, 5.74) is 0.849. The number of amides is 2. The van der Waals surface area contributed by atoms with Gasteiger partial charge in [-0.05, 0) is 31.9 Å². The Morgan fingerprint density at radius 3 is 2.43 bits per heavy atom. The predicted molar refractivity (Wildman–Crippen MR) is 75.1 cm³/mol. The number of carboxylic acid groups (broad SMARTS) is 1. The van der Waals surface area contributed by atoms with Gasteiger partial charge in [0.25, 0.3) is 11.8 Å². The number of aliphatic carboxylic acids is 1. The predicted octanol–water partition coefficient (Wildman–Crippen LogP) is 2.38. The standard InChI is InChI=1S/C16H17NO4/c1-10-4-5-11-12(8-10)15(21)17(14(11)20)16(9-13(18)19)6-2-3-7-16/h4-5,8H,2-3,6-7,9H2,1H3,(H,18,19). The van der Waals surface area contributed by atoms with Crippen LogP contribution in [-0.2, 0) is 4.79 Å². The molecule has 0 aromatic heterocycles. The molecule has 1 fully saturated rings. The molecule has 1 N–H and O–H groups in total. The average molecular weight is 287 g/mol. The van der Waals surface area contributed by atoms with Gasteiger partial charge in [0.15, 0.2) is 0 Å². The van der Waals surface area contributed by atoms with Crippen molar-refractivity contribution in [2.75, 3.05) is 0 Å². The van der Waals surface area contributed by atoms with Crippen LogP contribution in [0.25, 0.3) is 0 Å². The number of carbonyl (C=O) groups is 3. The fourth-order valence-electron chi connectivity index (χ4n) is 3.58. The Hall–Kier alpha value is -2.17. The van der Waals surface area contributed by atoms with E-state index < -0.39 is 11.5 Å². The van der Waals surface area contributed by atoms with Crippen LogP contribution in [0.1, 0.15) is 58.4 Å². The van der Waals surface area contributed by atoms with E-state index in [1.165, 1.54) is 4.90 Å². The highest BCUT2D eigenvalue weighted by Crippen LogP contribution is 2.42. The van der Waals surface area contributed by atoms with Gasteiger partial charge in [0, 0.05) is 0 Å². The lowest BCUT2D eigenvalue weighted by atomic mass is 9.91.